The highest BCUT2D eigenvalue weighted by Gasteiger charge is 2.24. The molecule has 20 heavy (non-hydrogen) atoms. The lowest BCUT2D eigenvalue weighted by Crippen LogP contribution is -2.30. The second-order valence-electron chi connectivity index (χ2n) is 5.45. The van der Waals surface area contributed by atoms with Crippen LogP contribution < -0.4 is 10.2 Å². The Morgan fingerprint density at radius 3 is 3.10 bits per heavy atom. The number of hydrogen-bond acceptors (Lipinski definition) is 4. The van der Waals surface area contributed by atoms with Gasteiger partial charge < -0.3 is 10.2 Å². The van der Waals surface area contributed by atoms with Crippen molar-refractivity contribution in [3.05, 3.63) is 40.9 Å². The van der Waals surface area contributed by atoms with Gasteiger partial charge in [-0.15, -0.1) is 11.3 Å². The number of para-hydroxylation sites is 1. The van der Waals surface area contributed by atoms with Crippen molar-refractivity contribution in [2.75, 3.05) is 18.0 Å². The van der Waals surface area contributed by atoms with Crippen LogP contribution in [0.25, 0.3) is 0 Å². The van der Waals surface area contributed by atoms with Crippen LogP contribution in [0.15, 0.2) is 29.6 Å². The number of benzene rings is 1. The Hall–Kier alpha value is -1.39. The number of nitrogens with one attached hydrogen (secondary N) is 1. The highest BCUT2D eigenvalue weighted by atomic mass is 32.1. The molecule has 0 saturated carbocycles. The van der Waals surface area contributed by atoms with Crippen molar-refractivity contribution >= 4 is 22.2 Å². The molecule has 2 aromatic rings. The van der Waals surface area contributed by atoms with Gasteiger partial charge in [-0.1, -0.05) is 32.0 Å². The molecule has 4 heteroatoms. The molecule has 106 valence electrons. The summed E-state index contributed by atoms with van der Waals surface area (Å²) in [5.74, 6) is 0.672. The van der Waals surface area contributed by atoms with Crippen LogP contribution in [0.3, 0.4) is 0 Å². The largest absolute Gasteiger partial charge is 0.317 e. The van der Waals surface area contributed by atoms with Crippen LogP contribution in [0.4, 0.5) is 10.8 Å². The van der Waals surface area contributed by atoms with Gasteiger partial charge in [0.15, 0.2) is 5.13 Å². The van der Waals surface area contributed by atoms with E-state index >= 15 is 0 Å². The normalized spacial score (nSPS) is 18.1. The zero-order valence-electron chi connectivity index (χ0n) is 12.1. The summed E-state index contributed by atoms with van der Waals surface area (Å²) >= 11 is 1.75. The Bertz CT molecular complexity index is 579. The van der Waals surface area contributed by atoms with Crippen molar-refractivity contribution in [2.45, 2.75) is 26.8 Å². The molecule has 1 aliphatic rings. The summed E-state index contributed by atoms with van der Waals surface area (Å²) in [6.07, 6.45) is 1.17. The maximum absolute atomic E-state index is 4.79. The maximum Gasteiger partial charge on any atom is 0.190 e. The molecular formula is C16H21N3S. The minimum Gasteiger partial charge on any atom is -0.317 e. The van der Waals surface area contributed by atoms with E-state index in [1.807, 2.05) is 0 Å². The van der Waals surface area contributed by atoms with E-state index in [4.69, 9.17) is 4.98 Å². The van der Waals surface area contributed by atoms with Crippen LogP contribution in [-0.2, 0) is 13.0 Å². The van der Waals surface area contributed by atoms with Crippen LogP contribution >= 0.6 is 11.3 Å². The molecule has 3 nitrogen and oxygen atoms in total. The van der Waals surface area contributed by atoms with Gasteiger partial charge in [0, 0.05) is 24.2 Å². The highest BCUT2D eigenvalue weighted by Crippen LogP contribution is 2.36. The molecular weight excluding hydrogens is 266 g/mol. The van der Waals surface area contributed by atoms with Crippen LogP contribution in [-0.4, -0.2) is 18.1 Å². The van der Waals surface area contributed by atoms with Crippen molar-refractivity contribution < 1.29 is 0 Å². The highest BCUT2D eigenvalue weighted by molar-refractivity contribution is 7.13. The average Bonchev–Trinajstić information content (AvgIpc) is 2.93. The molecule has 1 unspecified atom stereocenters. The zero-order valence-corrected chi connectivity index (χ0v) is 12.9. The number of nitrogens with zero attached hydrogens (tertiary/aromatic N) is 2. The lowest BCUT2D eigenvalue weighted by Gasteiger charge is -2.32. The van der Waals surface area contributed by atoms with Crippen LogP contribution in [0, 0.1) is 5.92 Å². The van der Waals surface area contributed by atoms with E-state index in [1.165, 1.54) is 17.7 Å². The molecule has 0 fully saturated rings. The Morgan fingerprint density at radius 1 is 1.40 bits per heavy atom. The third-order valence-corrected chi connectivity index (χ3v) is 4.58. The van der Waals surface area contributed by atoms with Crippen LogP contribution in [0.2, 0.25) is 0 Å². The van der Waals surface area contributed by atoms with Crippen molar-refractivity contribution in [2.24, 2.45) is 5.92 Å². The number of rotatable bonds is 4. The number of hydrogen-bond donors (Lipinski definition) is 1. The number of anilines is 2. The molecule has 3 rings (SSSR count). The Kier molecular flexibility index (Phi) is 4.03. The zero-order chi connectivity index (χ0) is 13.9. The first kappa shape index (κ1) is 13.6. The summed E-state index contributed by atoms with van der Waals surface area (Å²) in [4.78, 5) is 7.17. The Labute approximate surface area is 124 Å². The SMILES string of the molecule is CCNCc1csc(N2CC(C)Cc3ccccc32)n1. The summed E-state index contributed by atoms with van der Waals surface area (Å²) in [6.45, 7) is 7.34. The molecule has 0 aliphatic carbocycles. The lowest BCUT2D eigenvalue weighted by atomic mass is 9.94. The molecule has 0 bridgehead atoms. The van der Waals surface area contributed by atoms with Gasteiger partial charge in [-0.2, -0.15) is 0 Å². The molecule has 0 spiro atoms. The molecule has 1 aromatic heterocycles. The van der Waals surface area contributed by atoms with Crippen molar-refractivity contribution in [3.8, 4) is 0 Å². The molecule has 0 saturated heterocycles. The van der Waals surface area contributed by atoms with Gasteiger partial charge in [0.05, 0.1) is 5.69 Å². The summed E-state index contributed by atoms with van der Waals surface area (Å²) in [5.41, 5.74) is 3.91. The Morgan fingerprint density at radius 2 is 2.25 bits per heavy atom. The standard InChI is InChI=1S/C16H21N3S/c1-3-17-9-14-11-20-16(18-14)19-10-12(2)8-13-6-4-5-7-15(13)19/h4-7,11-12,17H,3,8-10H2,1-2H3. The number of fused-ring (bicyclic) bond motifs is 1. The van der Waals surface area contributed by atoms with Crippen molar-refractivity contribution in [1.82, 2.24) is 10.3 Å². The summed E-state index contributed by atoms with van der Waals surface area (Å²) < 4.78 is 0. The van der Waals surface area contributed by atoms with Gasteiger partial charge in [0.25, 0.3) is 0 Å². The van der Waals surface area contributed by atoms with E-state index in [2.05, 4.69) is 53.7 Å². The summed E-state index contributed by atoms with van der Waals surface area (Å²) in [6, 6.07) is 8.71. The first-order valence-corrected chi connectivity index (χ1v) is 8.16. The lowest BCUT2D eigenvalue weighted by molar-refractivity contribution is 0.561. The molecule has 0 radical (unpaired) electrons. The van der Waals surface area contributed by atoms with E-state index in [0.717, 1.165) is 30.5 Å². The maximum atomic E-state index is 4.79. The fourth-order valence-corrected chi connectivity index (χ4v) is 3.58. The third kappa shape index (κ3) is 2.72. The number of aromatic nitrogens is 1. The molecule has 0 amide bonds. The van der Waals surface area contributed by atoms with Gasteiger partial charge in [0.1, 0.15) is 0 Å². The van der Waals surface area contributed by atoms with E-state index in [9.17, 15) is 0 Å². The van der Waals surface area contributed by atoms with E-state index in [1.54, 1.807) is 11.3 Å². The van der Waals surface area contributed by atoms with Crippen molar-refractivity contribution in [1.29, 1.82) is 0 Å². The monoisotopic (exact) mass is 287 g/mol. The average molecular weight is 287 g/mol. The molecule has 1 aliphatic heterocycles. The van der Waals surface area contributed by atoms with Gasteiger partial charge in [0.2, 0.25) is 0 Å². The second kappa shape index (κ2) is 5.94. The Balaban J connectivity index is 1.88. The molecule has 1 aromatic carbocycles. The van der Waals surface area contributed by atoms with E-state index in [0.29, 0.717) is 5.92 Å². The minimum absolute atomic E-state index is 0.672. The smallest absolute Gasteiger partial charge is 0.190 e. The van der Waals surface area contributed by atoms with Gasteiger partial charge in [-0.05, 0) is 30.5 Å². The van der Waals surface area contributed by atoms with E-state index < -0.39 is 0 Å². The van der Waals surface area contributed by atoms with Gasteiger partial charge >= 0.3 is 0 Å². The first-order chi connectivity index (χ1) is 9.78. The second-order valence-corrected chi connectivity index (χ2v) is 6.29. The van der Waals surface area contributed by atoms with Gasteiger partial charge in [-0.3, -0.25) is 0 Å². The topological polar surface area (TPSA) is 28.2 Å². The summed E-state index contributed by atoms with van der Waals surface area (Å²) in [7, 11) is 0. The fourth-order valence-electron chi connectivity index (χ4n) is 2.73. The first-order valence-electron chi connectivity index (χ1n) is 7.28. The predicted octanol–water partition coefficient (Wildman–Crippen LogP) is 3.58. The van der Waals surface area contributed by atoms with Crippen LogP contribution in [0.5, 0.6) is 0 Å². The minimum atomic E-state index is 0.672. The summed E-state index contributed by atoms with van der Waals surface area (Å²) in [5, 5.41) is 6.62. The molecule has 1 atom stereocenters. The molecule has 2 heterocycles. The van der Waals surface area contributed by atoms with Crippen LogP contribution in [0.1, 0.15) is 25.1 Å². The number of thiazole rings is 1. The van der Waals surface area contributed by atoms with Crippen molar-refractivity contribution in [3.63, 3.8) is 0 Å². The quantitative estimate of drug-likeness (QED) is 0.931. The van der Waals surface area contributed by atoms with E-state index in [-0.39, 0.29) is 0 Å². The predicted molar refractivity (Wildman–Crippen MR) is 85.8 cm³/mol. The molecule has 1 N–H and O–H groups in total. The third-order valence-electron chi connectivity index (χ3n) is 3.67. The van der Waals surface area contributed by atoms with Gasteiger partial charge in [-0.25, -0.2) is 4.98 Å². The fraction of sp³-hybridized carbons (Fsp3) is 0.438.